The van der Waals surface area contributed by atoms with Gasteiger partial charge in [-0.25, -0.2) is 0 Å². The highest BCUT2D eigenvalue weighted by Crippen LogP contribution is 2.31. The van der Waals surface area contributed by atoms with Crippen molar-refractivity contribution in [2.45, 2.75) is 19.3 Å². The van der Waals surface area contributed by atoms with Gasteiger partial charge in [0.2, 0.25) is 0 Å². The summed E-state index contributed by atoms with van der Waals surface area (Å²) in [5.41, 5.74) is 2.67. The molecular weight excluding hydrogens is 194 g/mol. The summed E-state index contributed by atoms with van der Waals surface area (Å²) in [4.78, 5) is 2.43. The molecule has 1 aromatic rings. The zero-order chi connectivity index (χ0) is 11.5. The molecule has 0 bridgehead atoms. The van der Waals surface area contributed by atoms with Crippen LogP contribution in [0.4, 0.5) is 0 Å². The third-order valence-corrected chi connectivity index (χ3v) is 3.83. The van der Waals surface area contributed by atoms with Crippen LogP contribution in [0.2, 0.25) is 0 Å². The molecule has 2 rings (SSSR count). The molecule has 0 amide bonds. The van der Waals surface area contributed by atoms with E-state index in [4.69, 9.17) is 0 Å². The monoisotopic (exact) mass is 215 g/mol. The molecule has 1 aliphatic heterocycles. The van der Waals surface area contributed by atoms with Crippen molar-refractivity contribution in [1.82, 2.24) is 4.90 Å². The summed E-state index contributed by atoms with van der Waals surface area (Å²) in [5.74, 6) is 1.49. The van der Waals surface area contributed by atoms with Crippen LogP contribution in [-0.2, 0) is 0 Å². The summed E-state index contributed by atoms with van der Waals surface area (Å²) < 4.78 is 0. The fraction of sp³-hybridized carbons (Fsp3) is 0.467. The van der Waals surface area contributed by atoms with E-state index >= 15 is 0 Å². The Balaban J connectivity index is 2.08. The van der Waals surface area contributed by atoms with Crippen molar-refractivity contribution in [1.29, 1.82) is 0 Å². The molecule has 1 aromatic carbocycles. The molecule has 2 atom stereocenters. The lowest BCUT2D eigenvalue weighted by Crippen LogP contribution is -2.17. The van der Waals surface area contributed by atoms with Crippen molar-refractivity contribution in [3.63, 3.8) is 0 Å². The predicted octanol–water partition coefficient (Wildman–Crippen LogP) is 3.38. The van der Waals surface area contributed by atoms with Gasteiger partial charge in [-0.15, -0.1) is 0 Å². The normalized spacial score (nSPS) is 23.2. The summed E-state index contributed by atoms with van der Waals surface area (Å²) >= 11 is 0. The zero-order valence-electron chi connectivity index (χ0n) is 10.3. The van der Waals surface area contributed by atoms with Crippen LogP contribution in [0.5, 0.6) is 0 Å². The first-order chi connectivity index (χ1) is 7.70. The Morgan fingerprint density at radius 2 is 2.06 bits per heavy atom. The van der Waals surface area contributed by atoms with Gasteiger partial charge in [0.05, 0.1) is 0 Å². The lowest BCUT2D eigenvalue weighted by atomic mass is 9.87. The van der Waals surface area contributed by atoms with Gasteiger partial charge in [-0.2, -0.15) is 0 Å². The second-order valence-corrected chi connectivity index (χ2v) is 4.97. The van der Waals surface area contributed by atoms with Crippen molar-refractivity contribution in [3.8, 4) is 0 Å². The van der Waals surface area contributed by atoms with Gasteiger partial charge in [0.25, 0.3) is 0 Å². The van der Waals surface area contributed by atoms with Crippen molar-refractivity contribution >= 4 is 6.08 Å². The fourth-order valence-electron chi connectivity index (χ4n) is 2.59. The van der Waals surface area contributed by atoms with E-state index in [9.17, 15) is 0 Å². The van der Waals surface area contributed by atoms with Gasteiger partial charge >= 0.3 is 0 Å². The molecular formula is C15H21N. The Morgan fingerprint density at radius 3 is 2.56 bits per heavy atom. The summed E-state index contributed by atoms with van der Waals surface area (Å²) in [6.07, 6.45) is 3.23. The molecule has 0 saturated carbocycles. The lowest BCUT2D eigenvalue weighted by Gasteiger charge is -2.19. The molecule has 1 saturated heterocycles. The van der Waals surface area contributed by atoms with Gasteiger partial charge in [-0.05, 0) is 43.0 Å². The van der Waals surface area contributed by atoms with Gasteiger partial charge in [0, 0.05) is 6.54 Å². The van der Waals surface area contributed by atoms with E-state index in [2.05, 4.69) is 49.7 Å². The summed E-state index contributed by atoms with van der Waals surface area (Å²) in [7, 11) is 2.22. The number of benzene rings is 1. The maximum atomic E-state index is 3.79. The van der Waals surface area contributed by atoms with Gasteiger partial charge < -0.3 is 4.90 Å². The van der Waals surface area contributed by atoms with Crippen LogP contribution in [0.25, 0.3) is 6.08 Å². The smallest absolute Gasteiger partial charge is 0.00128 e. The topological polar surface area (TPSA) is 3.24 Å². The molecule has 2 unspecified atom stereocenters. The molecule has 0 radical (unpaired) electrons. The Hall–Kier alpha value is -1.08. The Labute approximate surface area is 98.8 Å². The third-order valence-electron chi connectivity index (χ3n) is 3.83. The molecule has 0 aliphatic carbocycles. The predicted molar refractivity (Wildman–Crippen MR) is 70.6 cm³/mol. The minimum atomic E-state index is 0.670. The van der Waals surface area contributed by atoms with E-state index in [1.54, 1.807) is 0 Å². The quantitative estimate of drug-likeness (QED) is 0.747. The average Bonchev–Trinajstić information content (AvgIpc) is 2.75. The van der Waals surface area contributed by atoms with Crippen molar-refractivity contribution in [2.24, 2.45) is 5.92 Å². The molecule has 0 N–H and O–H groups in total. The first-order valence-electron chi connectivity index (χ1n) is 6.11. The summed E-state index contributed by atoms with van der Waals surface area (Å²) in [6, 6.07) is 8.83. The van der Waals surface area contributed by atoms with Crippen LogP contribution in [0.15, 0.2) is 30.8 Å². The Kier molecular flexibility index (Phi) is 3.45. The minimum absolute atomic E-state index is 0.670. The molecule has 0 spiro atoms. The first-order valence-corrected chi connectivity index (χ1v) is 6.11. The SMILES string of the molecule is C=Cc1ccc(C(C)C2CCN(C)C2)cc1. The van der Waals surface area contributed by atoms with E-state index in [-0.39, 0.29) is 0 Å². The molecule has 86 valence electrons. The number of hydrogen-bond acceptors (Lipinski definition) is 1. The highest BCUT2D eigenvalue weighted by Gasteiger charge is 2.25. The number of hydrogen-bond donors (Lipinski definition) is 0. The molecule has 1 heterocycles. The van der Waals surface area contributed by atoms with E-state index in [1.165, 1.54) is 30.6 Å². The molecule has 1 fully saturated rings. The minimum Gasteiger partial charge on any atom is -0.306 e. The number of rotatable bonds is 3. The van der Waals surface area contributed by atoms with Gasteiger partial charge in [0.15, 0.2) is 0 Å². The van der Waals surface area contributed by atoms with E-state index in [0.29, 0.717) is 5.92 Å². The standard InChI is InChI=1S/C15H21N/c1-4-13-5-7-14(8-6-13)12(2)15-9-10-16(3)11-15/h4-8,12,15H,1,9-11H2,2-3H3. The summed E-state index contributed by atoms with van der Waals surface area (Å²) in [6.45, 7) is 8.63. The van der Waals surface area contributed by atoms with Gasteiger partial charge in [-0.1, -0.05) is 43.8 Å². The molecule has 1 aliphatic rings. The molecule has 0 aromatic heterocycles. The second-order valence-electron chi connectivity index (χ2n) is 4.97. The largest absolute Gasteiger partial charge is 0.306 e. The maximum absolute atomic E-state index is 3.79. The van der Waals surface area contributed by atoms with Crippen molar-refractivity contribution in [2.75, 3.05) is 20.1 Å². The highest BCUT2D eigenvalue weighted by atomic mass is 15.1. The van der Waals surface area contributed by atoms with E-state index in [1.807, 2.05) is 6.08 Å². The van der Waals surface area contributed by atoms with Crippen LogP contribution >= 0.6 is 0 Å². The van der Waals surface area contributed by atoms with Crippen LogP contribution < -0.4 is 0 Å². The number of nitrogens with zero attached hydrogens (tertiary/aromatic N) is 1. The number of likely N-dealkylation sites (tertiary alicyclic amines) is 1. The van der Waals surface area contributed by atoms with Gasteiger partial charge in [-0.3, -0.25) is 0 Å². The third kappa shape index (κ3) is 2.35. The van der Waals surface area contributed by atoms with Crippen LogP contribution in [0.3, 0.4) is 0 Å². The second kappa shape index (κ2) is 4.84. The van der Waals surface area contributed by atoms with Crippen molar-refractivity contribution in [3.05, 3.63) is 42.0 Å². The zero-order valence-corrected chi connectivity index (χ0v) is 10.3. The van der Waals surface area contributed by atoms with Gasteiger partial charge in [0.1, 0.15) is 0 Å². The first kappa shape index (κ1) is 11.4. The molecule has 1 nitrogen and oxygen atoms in total. The molecule has 16 heavy (non-hydrogen) atoms. The fourth-order valence-corrected chi connectivity index (χ4v) is 2.59. The van der Waals surface area contributed by atoms with Crippen LogP contribution in [0.1, 0.15) is 30.4 Å². The highest BCUT2D eigenvalue weighted by molar-refractivity contribution is 5.47. The van der Waals surface area contributed by atoms with Crippen molar-refractivity contribution < 1.29 is 0 Å². The summed E-state index contributed by atoms with van der Waals surface area (Å²) in [5, 5.41) is 0. The Bertz CT molecular complexity index is 352. The van der Waals surface area contributed by atoms with Crippen LogP contribution in [-0.4, -0.2) is 25.0 Å². The lowest BCUT2D eigenvalue weighted by molar-refractivity contribution is 0.377. The van der Waals surface area contributed by atoms with Crippen LogP contribution in [0, 0.1) is 5.92 Å². The average molecular weight is 215 g/mol. The maximum Gasteiger partial charge on any atom is 0.00128 e. The van der Waals surface area contributed by atoms with E-state index in [0.717, 1.165) is 5.92 Å². The molecule has 1 heteroatoms. The Morgan fingerprint density at radius 1 is 1.38 bits per heavy atom. The van der Waals surface area contributed by atoms with E-state index < -0.39 is 0 Å².